The number of nitrogens with zero attached hydrogens (tertiary/aromatic N) is 1. The largest absolute Gasteiger partial charge is 0.451 e. The molecule has 3 fully saturated rings. The van der Waals surface area contributed by atoms with E-state index < -0.39 is 49.6 Å². The zero-order chi connectivity index (χ0) is 24.3. The van der Waals surface area contributed by atoms with Crippen LogP contribution in [-0.2, 0) is 28.9 Å². The quantitative estimate of drug-likeness (QED) is 0.343. The zero-order valence-corrected chi connectivity index (χ0v) is 19.9. The first-order valence-corrected chi connectivity index (χ1v) is 12.8. The molecule has 34 heavy (non-hydrogen) atoms. The Labute approximate surface area is 199 Å². The number of sulfone groups is 1. The monoisotopic (exact) mass is 481 g/mol. The third-order valence-corrected chi connectivity index (χ3v) is 10.2. The molecule has 2 aromatic carbocycles. The van der Waals surface area contributed by atoms with Crippen molar-refractivity contribution in [3.8, 4) is 0 Å². The number of rotatable bonds is 7. The van der Waals surface area contributed by atoms with Gasteiger partial charge in [0, 0.05) is 0 Å². The second kappa shape index (κ2) is 7.78. The molecule has 0 bridgehead atoms. The molecule has 2 heterocycles. The Morgan fingerprint density at radius 2 is 1.68 bits per heavy atom. The van der Waals surface area contributed by atoms with E-state index >= 15 is 0 Å². The highest BCUT2D eigenvalue weighted by molar-refractivity contribution is 7.94. The molecule has 1 spiro atoms. The van der Waals surface area contributed by atoms with Gasteiger partial charge in [-0.2, -0.15) is 0 Å². The summed E-state index contributed by atoms with van der Waals surface area (Å²) in [5.74, 6) is -1.10. The van der Waals surface area contributed by atoms with E-state index in [1.165, 1.54) is 18.7 Å². The summed E-state index contributed by atoms with van der Waals surface area (Å²) >= 11 is 0. The first-order valence-electron chi connectivity index (χ1n) is 11.3. The van der Waals surface area contributed by atoms with Crippen LogP contribution in [0.3, 0.4) is 0 Å². The molecule has 1 aliphatic carbocycles. The smallest absolute Gasteiger partial charge is 0.331 e. The number of amides is 1. The van der Waals surface area contributed by atoms with Gasteiger partial charge in [0.1, 0.15) is 11.5 Å². The fraction of sp³-hybridized carbons (Fsp3) is 0.385. The second-order valence-electron chi connectivity index (χ2n) is 9.61. The van der Waals surface area contributed by atoms with Gasteiger partial charge in [0.25, 0.3) is 0 Å². The van der Waals surface area contributed by atoms with E-state index in [0.29, 0.717) is 6.42 Å². The number of carbonyl (C=O) groups is 2. The first-order chi connectivity index (χ1) is 16.2. The van der Waals surface area contributed by atoms with Gasteiger partial charge in [-0.1, -0.05) is 66.7 Å². The maximum Gasteiger partial charge on any atom is 0.331 e. The molecule has 0 unspecified atom stereocenters. The van der Waals surface area contributed by atoms with E-state index in [1.54, 1.807) is 6.08 Å². The lowest BCUT2D eigenvalue weighted by molar-refractivity contribution is -0.172. The van der Waals surface area contributed by atoms with Crippen molar-refractivity contribution in [3.05, 3.63) is 84.4 Å². The standard InChI is InChI=1S/C26H27NO6S/c1-4-15-32-19-16-26(19)23(29)27-21(25(2,3)34(30,31)24(26)27)22(28)33-20(17-11-7-5-8-12-17)18-13-9-6-10-14-18/h4-14,19-21,24H,1,15-16H2,2-3H3/t19-,21-,24+,26-/m0/s1. The second-order valence-corrected chi connectivity index (χ2v) is 12.2. The summed E-state index contributed by atoms with van der Waals surface area (Å²) < 4.78 is 37.2. The number of ether oxygens (including phenoxy) is 2. The Morgan fingerprint density at radius 3 is 2.21 bits per heavy atom. The van der Waals surface area contributed by atoms with Crippen LogP contribution in [0.1, 0.15) is 37.5 Å². The average molecular weight is 482 g/mol. The Hall–Kier alpha value is -2.97. The van der Waals surface area contributed by atoms with Crippen molar-refractivity contribution in [2.24, 2.45) is 5.41 Å². The number of β-lactam (4-membered cyclic amide) rings is 1. The van der Waals surface area contributed by atoms with Gasteiger partial charge in [-0.15, -0.1) is 6.58 Å². The minimum Gasteiger partial charge on any atom is -0.451 e. The maximum atomic E-state index is 13.6. The Morgan fingerprint density at radius 1 is 1.12 bits per heavy atom. The van der Waals surface area contributed by atoms with Crippen molar-refractivity contribution in [3.63, 3.8) is 0 Å². The van der Waals surface area contributed by atoms with Crippen molar-refractivity contribution in [2.75, 3.05) is 6.61 Å². The summed E-state index contributed by atoms with van der Waals surface area (Å²) in [5, 5.41) is -1.08. The minimum atomic E-state index is -3.86. The number of carbonyl (C=O) groups excluding carboxylic acids is 2. The zero-order valence-electron chi connectivity index (χ0n) is 19.1. The molecule has 8 heteroatoms. The van der Waals surface area contributed by atoms with E-state index in [0.717, 1.165) is 11.1 Å². The van der Waals surface area contributed by atoms with Crippen LogP contribution in [0.2, 0.25) is 0 Å². The molecule has 5 rings (SSSR count). The van der Waals surface area contributed by atoms with E-state index in [-0.39, 0.29) is 12.5 Å². The third-order valence-electron chi connectivity index (χ3n) is 7.30. The van der Waals surface area contributed by atoms with Gasteiger partial charge >= 0.3 is 5.97 Å². The molecule has 2 aromatic rings. The predicted octanol–water partition coefficient (Wildman–Crippen LogP) is 3.02. The van der Waals surface area contributed by atoms with Crippen LogP contribution < -0.4 is 0 Å². The molecule has 1 amide bonds. The normalized spacial score (nSPS) is 30.0. The molecule has 2 aliphatic heterocycles. The van der Waals surface area contributed by atoms with Crippen LogP contribution in [-0.4, -0.2) is 54.1 Å². The molecular weight excluding hydrogens is 454 g/mol. The van der Waals surface area contributed by atoms with Crippen LogP contribution in [0.15, 0.2) is 73.3 Å². The van der Waals surface area contributed by atoms with Gasteiger partial charge in [0.15, 0.2) is 21.3 Å². The van der Waals surface area contributed by atoms with Crippen molar-refractivity contribution >= 4 is 21.7 Å². The number of hydrogen-bond acceptors (Lipinski definition) is 6. The summed E-state index contributed by atoms with van der Waals surface area (Å²) in [6.07, 6.45) is 0.672. The molecular formula is C26H27NO6S. The lowest BCUT2D eigenvalue weighted by atomic mass is 9.88. The number of fused-ring (bicyclic) bond motifs is 2. The van der Waals surface area contributed by atoms with E-state index in [4.69, 9.17) is 9.47 Å². The highest BCUT2D eigenvalue weighted by Gasteiger charge is 2.86. The van der Waals surface area contributed by atoms with Crippen LogP contribution in [0, 0.1) is 5.41 Å². The van der Waals surface area contributed by atoms with E-state index in [2.05, 4.69) is 6.58 Å². The van der Waals surface area contributed by atoms with Crippen LogP contribution in [0.4, 0.5) is 0 Å². The van der Waals surface area contributed by atoms with Crippen molar-refractivity contribution in [2.45, 2.75) is 48.6 Å². The van der Waals surface area contributed by atoms with Gasteiger partial charge < -0.3 is 14.4 Å². The van der Waals surface area contributed by atoms with Crippen molar-refractivity contribution in [1.29, 1.82) is 0 Å². The molecule has 7 nitrogen and oxygen atoms in total. The maximum absolute atomic E-state index is 13.6. The van der Waals surface area contributed by atoms with Gasteiger partial charge in [-0.25, -0.2) is 13.2 Å². The summed E-state index contributed by atoms with van der Waals surface area (Å²) in [4.78, 5) is 28.1. The first kappa shape index (κ1) is 22.8. The number of benzene rings is 2. The van der Waals surface area contributed by atoms with Crippen LogP contribution in [0.25, 0.3) is 0 Å². The fourth-order valence-electron chi connectivity index (χ4n) is 5.38. The molecule has 178 valence electrons. The third kappa shape index (κ3) is 3.01. The number of hydrogen-bond donors (Lipinski definition) is 0. The minimum absolute atomic E-state index is 0.233. The average Bonchev–Trinajstić information content (AvgIpc) is 3.54. The lowest BCUT2D eigenvalue weighted by Gasteiger charge is -2.44. The molecule has 0 radical (unpaired) electrons. The molecule has 4 atom stereocenters. The molecule has 0 aromatic heterocycles. The summed E-state index contributed by atoms with van der Waals surface area (Å²) in [6, 6.07) is 17.3. The topological polar surface area (TPSA) is 90.0 Å². The van der Waals surface area contributed by atoms with Crippen LogP contribution in [0.5, 0.6) is 0 Å². The fourth-order valence-corrected chi connectivity index (χ4v) is 7.89. The van der Waals surface area contributed by atoms with E-state index in [1.807, 2.05) is 60.7 Å². The highest BCUT2D eigenvalue weighted by atomic mass is 32.2. The SMILES string of the molecule is C=CCO[C@H]1C[C@@]12C(=O)N1[C@@H](C(=O)OC(c3ccccc3)c3ccccc3)C(C)(C)S(=O)(=O)[C@@H]12. The molecule has 3 aliphatic rings. The highest BCUT2D eigenvalue weighted by Crippen LogP contribution is 2.67. The Kier molecular flexibility index (Phi) is 5.22. The van der Waals surface area contributed by atoms with Gasteiger partial charge in [-0.05, 0) is 31.4 Å². The molecule has 2 saturated heterocycles. The summed E-state index contributed by atoms with van der Waals surface area (Å²) in [5.41, 5.74) is 0.402. The summed E-state index contributed by atoms with van der Waals surface area (Å²) in [7, 11) is -3.86. The van der Waals surface area contributed by atoms with E-state index in [9.17, 15) is 18.0 Å². The Bertz CT molecular complexity index is 1200. The molecule has 0 N–H and O–H groups in total. The lowest BCUT2D eigenvalue weighted by Crippen LogP contribution is -2.66. The van der Waals surface area contributed by atoms with Crippen LogP contribution >= 0.6 is 0 Å². The number of esters is 1. The summed E-state index contributed by atoms with van der Waals surface area (Å²) in [6.45, 7) is 6.83. The Balaban J connectivity index is 1.47. The predicted molar refractivity (Wildman–Crippen MR) is 125 cm³/mol. The van der Waals surface area contributed by atoms with Crippen molar-refractivity contribution in [1.82, 2.24) is 4.90 Å². The van der Waals surface area contributed by atoms with Gasteiger partial charge in [0.05, 0.1) is 17.5 Å². The van der Waals surface area contributed by atoms with Crippen molar-refractivity contribution < 1.29 is 27.5 Å². The van der Waals surface area contributed by atoms with Gasteiger partial charge in [0.2, 0.25) is 5.91 Å². The molecule has 1 saturated carbocycles. The van der Waals surface area contributed by atoms with Gasteiger partial charge in [-0.3, -0.25) is 4.79 Å².